The largest absolute Gasteiger partial charge is 0.497 e. The molecule has 2 fully saturated rings. The van der Waals surface area contributed by atoms with Crippen LogP contribution in [0, 0.1) is 0 Å². The van der Waals surface area contributed by atoms with Crippen LogP contribution in [0.4, 0.5) is 0 Å². The minimum Gasteiger partial charge on any atom is -0.497 e. The molecule has 3 rings (SSSR count). The van der Waals surface area contributed by atoms with Crippen molar-refractivity contribution in [2.75, 3.05) is 26.7 Å². The van der Waals surface area contributed by atoms with Gasteiger partial charge in [0, 0.05) is 31.6 Å². The molecule has 1 amide bonds. The number of piperidine rings is 1. The van der Waals surface area contributed by atoms with E-state index >= 15 is 0 Å². The maximum atomic E-state index is 13.1. The quantitative estimate of drug-likeness (QED) is 0.662. The number of rotatable bonds is 7. The minimum atomic E-state index is -3.91. The Bertz CT molecular complexity index is 830. The monoisotopic (exact) mass is 439 g/mol. The number of hydrogen-bond donors (Lipinski definition) is 2. The molecule has 2 saturated heterocycles. The molecule has 0 unspecified atom stereocenters. The normalized spacial score (nSPS) is 27.0. The van der Waals surface area contributed by atoms with E-state index < -0.39 is 22.2 Å². The van der Waals surface area contributed by atoms with Crippen molar-refractivity contribution in [3.05, 3.63) is 24.3 Å². The number of amides is 1. The average Bonchev–Trinajstić information content (AvgIpc) is 3.15. The van der Waals surface area contributed by atoms with Gasteiger partial charge in [0.2, 0.25) is 15.9 Å². The Labute approximate surface area is 179 Å². The molecular formula is C21H33N3O5S. The van der Waals surface area contributed by atoms with Crippen LogP contribution in [0.5, 0.6) is 5.75 Å². The number of sulfonamides is 1. The van der Waals surface area contributed by atoms with E-state index in [-0.39, 0.29) is 29.8 Å². The van der Waals surface area contributed by atoms with Crippen LogP contribution in [-0.4, -0.2) is 79.6 Å². The van der Waals surface area contributed by atoms with Gasteiger partial charge in [0.05, 0.1) is 18.1 Å². The highest BCUT2D eigenvalue weighted by Gasteiger charge is 2.43. The number of nitrogens with one attached hydrogen (secondary N) is 1. The summed E-state index contributed by atoms with van der Waals surface area (Å²) in [6.45, 7) is 5.65. The predicted molar refractivity (Wildman–Crippen MR) is 114 cm³/mol. The molecule has 2 aliphatic rings. The van der Waals surface area contributed by atoms with Crippen LogP contribution in [0.2, 0.25) is 0 Å². The molecule has 0 aromatic heterocycles. The van der Waals surface area contributed by atoms with E-state index in [1.807, 2.05) is 0 Å². The number of hydrogen-bond acceptors (Lipinski definition) is 6. The summed E-state index contributed by atoms with van der Waals surface area (Å²) >= 11 is 0. The third kappa shape index (κ3) is 4.96. The molecule has 168 valence electrons. The second-order valence-corrected chi connectivity index (χ2v) is 10.2. The van der Waals surface area contributed by atoms with Gasteiger partial charge in [-0.15, -0.1) is 0 Å². The molecule has 2 N–H and O–H groups in total. The second-order valence-electron chi connectivity index (χ2n) is 8.33. The molecule has 4 atom stereocenters. The van der Waals surface area contributed by atoms with E-state index in [4.69, 9.17) is 4.74 Å². The molecule has 1 aromatic carbocycles. The number of aliphatic hydroxyl groups is 1. The fourth-order valence-corrected chi connectivity index (χ4v) is 6.07. The Morgan fingerprint density at radius 3 is 2.63 bits per heavy atom. The zero-order valence-corrected chi connectivity index (χ0v) is 18.8. The number of β-amino-alcohol motifs (C(OH)–C–C–N with tert-alkyl or cyclic N) is 1. The maximum Gasteiger partial charge on any atom is 0.243 e. The lowest BCUT2D eigenvalue weighted by Gasteiger charge is -2.38. The zero-order chi connectivity index (χ0) is 21.9. The molecule has 0 bridgehead atoms. The Morgan fingerprint density at radius 1 is 1.30 bits per heavy atom. The number of carbonyl (C=O) groups is 1. The predicted octanol–water partition coefficient (Wildman–Crippen LogP) is 1.20. The second kappa shape index (κ2) is 9.64. The summed E-state index contributed by atoms with van der Waals surface area (Å²) < 4.78 is 32.4. The van der Waals surface area contributed by atoms with Gasteiger partial charge in [-0.05, 0) is 57.5 Å². The highest BCUT2D eigenvalue weighted by Crippen LogP contribution is 2.28. The molecule has 0 saturated carbocycles. The first-order valence-corrected chi connectivity index (χ1v) is 12.1. The van der Waals surface area contributed by atoms with Crippen molar-refractivity contribution in [2.45, 2.75) is 68.7 Å². The fraction of sp³-hybridized carbons (Fsp3) is 0.667. The zero-order valence-electron chi connectivity index (χ0n) is 18.0. The van der Waals surface area contributed by atoms with Gasteiger partial charge >= 0.3 is 0 Å². The number of aliphatic hydroxyl groups excluding tert-OH is 1. The first-order chi connectivity index (χ1) is 14.2. The van der Waals surface area contributed by atoms with Crippen LogP contribution in [0.1, 0.15) is 39.5 Å². The molecule has 0 radical (unpaired) electrons. The number of nitrogens with zero attached hydrogens (tertiary/aromatic N) is 2. The standard InChI is InChI=1S/C21H33N3O5S/c1-15-6-4-5-11-23(15)16(2)13-22-21(26)20-12-17(25)14-24(20)30(27,28)19-9-7-18(29-3)8-10-19/h7-10,15-17,20,25H,4-6,11-14H2,1-3H3,(H,22,26)/t15-,16-,17+,20-/m0/s1. The van der Waals surface area contributed by atoms with Crippen LogP contribution >= 0.6 is 0 Å². The van der Waals surface area contributed by atoms with Crippen molar-refractivity contribution in [3.8, 4) is 5.75 Å². The molecule has 9 heteroatoms. The third-order valence-electron chi connectivity index (χ3n) is 6.19. The lowest BCUT2D eigenvalue weighted by Crippen LogP contribution is -2.51. The van der Waals surface area contributed by atoms with Gasteiger partial charge in [0.1, 0.15) is 11.8 Å². The summed E-state index contributed by atoms with van der Waals surface area (Å²) in [6, 6.07) is 5.76. The van der Waals surface area contributed by atoms with E-state index in [9.17, 15) is 18.3 Å². The molecule has 0 spiro atoms. The number of carbonyl (C=O) groups excluding carboxylic acids is 1. The van der Waals surface area contributed by atoms with Crippen LogP contribution in [-0.2, 0) is 14.8 Å². The van der Waals surface area contributed by atoms with Gasteiger partial charge in [0.25, 0.3) is 0 Å². The van der Waals surface area contributed by atoms with E-state index in [2.05, 4.69) is 24.1 Å². The highest BCUT2D eigenvalue weighted by atomic mass is 32.2. The van der Waals surface area contributed by atoms with E-state index in [1.165, 1.54) is 25.7 Å². The van der Waals surface area contributed by atoms with Crippen LogP contribution < -0.4 is 10.1 Å². The van der Waals surface area contributed by atoms with Gasteiger partial charge < -0.3 is 15.2 Å². The van der Waals surface area contributed by atoms with Crippen molar-refractivity contribution in [2.24, 2.45) is 0 Å². The van der Waals surface area contributed by atoms with Crippen molar-refractivity contribution in [1.29, 1.82) is 0 Å². The summed E-state index contributed by atoms with van der Waals surface area (Å²) in [6.07, 6.45) is 2.77. The lowest BCUT2D eigenvalue weighted by atomic mass is 10.0. The molecule has 8 nitrogen and oxygen atoms in total. The summed E-state index contributed by atoms with van der Waals surface area (Å²) in [5.41, 5.74) is 0. The number of methoxy groups -OCH3 is 1. The third-order valence-corrected chi connectivity index (χ3v) is 8.08. The summed E-state index contributed by atoms with van der Waals surface area (Å²) in [5.74, 6) is 0.186. The number of benzene rings is 1. The first kappa shape index (κ1) is 23.0. The Kier molecular flexibility index (Phi) is 7.38. The molecule has 2 aliphatic heterocycles. The van der Waals surface area contributed by atoms with E-state index in [0.717, 1.165) is 23.7 Å². The summed E-state index contributed by atoms with van der Waals surface area (Å²) in [5, 5.41) is 13.0. The molecule has 0 aliphatic carbocycles. The van der Waals surface area contributed by atoms with Crippen molar-refractivity contribution < 1.29 is 23.1 Å². The highest BCUT2D eigenvalue weighted by molar-refractivity contribution is 7.89. The smallest absolute Gasteiger partial charge is 0.243 e. The SMILES string of the molecule is COc1ccc(S(=O)(=O)N2C[C@H](O)C[C@H]2C(=O)NC[C@H](C)N2CCCC[C@@H]2C)cc1. The van der Waals surface area contributed by atoms with Gasteiger partial charge in [-0.1, -0.05) is 6.42 Å². The van der Waals surface area contributed by atoms with Crippen LogP contribution in [0.15, 0.2) is 29.2 Å². The Hall–Kier alpha value is -1.68. The minimum absolute atomic E-state index is 0.0747. The number of likely N-dealkylation sites (tertiary alicyclic amines) is 1. The Balaban J connectivity index is 1.68. The summed E-state index contributed by atoms with van der Waals surface area (Å²) in [4.78, 5) is 15.3. The van der Waals surface area contributed by atoms with Crippen molar-refractivity contribution >= 4 is 15.9 Å². The van der Waals surface area contributed by atoms with Gasteiger partial charge in [0.15, 0.2) is 0 Å². The first-order valence-electron chi connectivity index (χ1n) is 10.6. The number of ether oxygens (including phenoxy) is 1. The fourth-order valence-electron chi connectivity index (χ4n) is 4.43. The van der Waals surface area contributed by atoms with Crippen LogP contribution in [0.3, 0.4) is 0 Å². The average molecular weight is 440 g/mol. The molecule has 1 aromatic rings. The maximum absolute atomic E-state index is 13.1. The van der Waals surface area contributed by atoms with Gasteiger partial charge in [-0.3, -0.25) is 9.69 Å². The van der Waals surface area contributed by atoms with Crippen molar-refractivity contribution in [1.82, 2.24) is 14.5 Å². The van der Waals surface area contributed by atoms with Gasteiger partial charge in [-0.25, -0.2) is 8.42 Å². The molecular weight excluding hydrogens is 406 g/mol. The van der Waals surface area contributed by atoms with Gasteiger partial charge in [-0.2, -0.15) is 4.31 Å². The van der Waals surface area contributed by atoms with E-state index in [0.29, 0.717) is 18.3 Å². The van der Waals surface area contributed by atoms with Crippen molar-refractivity contribution in [3.63, 3.8) is 0 Å². The Morgan fingerprint density at radius 2 is 2.00 bits per heavy atom. The molecule has 2 heterocycles. The van der Waals surface area contributed by atoms with Crippen LogP contribution in [0.25, 0.3) is 0 Å². The topological polar surface area (TPSA) is 99.2 Å². The molecule has 30 heavy (non-hydrogen) atoms. The lowest BCUT2D eigenvalue weighted by molar-refractivity contribution is -0.124. The summed E-state index contributed by atoms with van der Waals surface area (Å²) in [7, 11) is -2.41. The van der Waals surface area contributed by atoms with E-state index in [1.54, 1.807) is 12.1 Å².